The standard InChI is InChI=1S/C27H28N4O4/c1-27(21-11-7-9-19-8-3-4-10-20(19)21)25(33)31(26(34)28-27)18-24(32)30-16-14-29(15-17-30)22-12-5-6-13-23(22)35-2/h3-13H,14-18H2,1-2H3,(H,28,34). The van der Waals surface area contributed by atoms with Crippen molar-refractivity contribution in [1.82, 2.24) is 15.1 Å². The zero-order valence-corrected chi connectivity index (χ0v) is 19.9. The van der Waals surface area contributed by atoms with Crippen molar-refractivity contribution in [1.29, 1.82) is 0 Å². The molecule has 0 aliphatic carbocycles. The number of para-hydroxylation sites is 2. The van der Waals surface area contributed by atoms with Crippen molar-refractivity contribution in [3.63, 3.8) is 0 Å². The summed E-state index contributed by atoms with van der Waals surface area (Å²) < 4.78 is 5.46. The Labute approximate surface area is 204 Å². The third-order valence-corrected chi connectivity index (χ3v) is 6.95. The largest absolute Gasteiger partial charge is 0.495 e. The predicted molar refractivity (Wildman–Crippen MR) is 133 cm³/mol. The molecule has 3 aromatic carbocycles. The van der Waals surface area contributed by atoms with Gasteiger partial charge in [-0.15, -0.1) is 0 Å². The van der Waals surface area contributed by atoms with Crippen molar-refractivity contribution in [2.24, 2.45) is 0 Å². The van der Waals surface area contributed by atoms with Crippen LogP contribution in [0.15, 0.2) is 66.7 Å². The van der Waals surface area contributed by atoms with E-state index < -0.39 is 17.5 Å². The second-order valence-corrected chi connectivity index (χ2v) is 9.01. The van der Waals surface area contributed by atoms with E-state index in [0.29, 0.717) is 31.7 Å². The van der Waals surface area contributed by atoms with Crippen LogP contribution in [0, 0.1) is 0 Å². The number of nitrogens with one attached hydrogen (secondary N) is 1. The number of amides is 4. The molecule has 0 spiro atoms. The molecular formula is C27H28N4O4. The number of urea groups is 1. The van der Waals surface area contributed by atoms with E-state index in [9.17, 15) is 14.4 Å². The zero-order chi connectivity index (χ0) is 24.6. The fourth-order valence-corrected chi connectivity index (χ4v) is 5.01. The molecule has 0 radical (unpaired) electrons. The minimum atomic E-state index is -1.24. The van der Waals surface area contributed by atoms with E-state index in [0.717, 1.165) is 27.1 Å². The van der Waals surface area contributed by atoms with Crippen molar-refractivity contribution in [3.8, 4) is 5.75 Å². The zero-order valence-electron chi connectivity index (χ0n) is 19.9. The Balaban J connectivity index is 1.28. The second kappa shape index (κ2) is 8.94. The lowest BCUT2D eigenvalue weighted by atomic mass is 9.88. The van der Waals surface area contributed by atoms with Gasteiger partial charge >= 0.3 is 6.03 Å². The molecule has 0 bridgehead atoms. The number of benzene rings is 3. The Bertz CT molecular complexity index is 1300. The van der Waals surface area contributed by atoms with Gasteiger partial charge in [0.05, 0.1) is 12.8 Å². The van der Waals surface area contributed by atoms with Crippen LogP contribution in [0.4, 0.5) is 10.5 Å². The first-order chi connectivity index (χ1) is 16.9. The minimum Gasteiger partial charge on any atom is -0.495 e. The summed E-state index contributed by atoms with van der Waals surface area (Å²) >= 11 is 0. The highest BCUT2D eigenvalue weighted by Gasteiger charge is 2.50. The number of rotatable bonds is 5. The lowest BCUT2D eigenvalue weighted by Gasteiger charge is -2.37. The van der Waals surface area contributed by atoms with Crippen LogP contribution in [0.5, 0.6) is 5.75 Å². The van der Waals surface area contributed by atoms with Crippen LogP contribution in [-0.4, -0.2) is 67.5 Å². The van der Waals surface area contributed by atoms with Crippen LogP contribution >= 0.6 is 0 Å². The molecule has 1 atom stereocenters. The molecule has 0 aromatic heterocycles. The highest BCUT2D eigenvalue weighted by molar-refractivity contribution is 6.10. The average Bonchev–Trinajstić information content (AvgIpc) is 3.11. The van der Waals surface area contributed by atoms with E-state index in [1.165, 1.54) is 0 Å². The first-order valence-corrected chi connectivity index (χ1v) is 11.7. The summed E-state index contributed by atoms with van der Waals surface area (Å²) in [5.74, 6) is 0.134. The third-order valence-electron chi connectivity index (χ3n) is 6.95. The SMILES string of the molecule is COc1ccccc1N1CCN(C(=O)CN2C(=O)NC(C)(c3cccc4ccccc34)C2=O)CC1. The molecule has 2 saturated heterocycles. The molecule has 8 nitrogen and oxygen atoms in total. The van der Waals surface area contributed by atoms with Crippen LogP contribution in [0.3, 0.4) is 0 Å². The molecular weight excluding hydrogens is 444 g/mol. The van der Waals surface area contributed by atoms with E-state index in [2.05, 4.69) is 10.2 Å². The topological polar surface area (TPSA) is 82.2 Å². The molecule has 1 unspecified atom stereocenters. The maximum atomic E-state index is 13.5. The molecule has 5 rings (SSSR count). The number of ether oxygens (including phenoxy) is 1. The molecule has 1 N–H and O–H groups in total. The quantitative estimate of drug-likeness (QED) is 0.578. The number of nitrogens with zero attached hydrogens (tertiary/aromatic N) is 3. The van der Waals surface area contributed by atoms with Gasteiger partial charge in [0.15, 0.2) is 0 Å². The number of fused-ring (bicyclic) bond motifs is 1. The lowest BCUT2D eigenvalue weighted by Crippen LogP contribution is -2.52. The van der Waals surface area contributed by atoms with Crippen LogP contribution in [0.25, 0.3) is 10.8 Å². The molecule has 3 aromatic rings. The number of hydrogen-bond donors (Lipinski definition) is 1. The summed E-state index contributed by atoms with van der Waals surface area (Å²) in [5, 5.41) is 4.71. The van der Waals surface area contributed by atoms with E-state index in [1.807, 2.05) is 66.7 Å². The van der Waals surface area contributed by atoms with E-state index >= 15 is 0 Å². The monoisotopic (exact) mass is 472 g/mol. The van der Waals surface area contributed by atoms with Crippen molar-refractivity contribution >= 4 is 34.3 Å². The summed E-state index contributed by atoms with van der Waals surface area (Å²) in [6.07, 6.45) is 0. The molecule has 180 valence electrons. The number of piperazine rings is 1. The van der Waals surface area contributed by atoms with Crippen LogP contribution in [0.1, 0.15) is 12.5 Å². The van der Waals surface area contributed by atoms with E-state index in [-0.39, 0.29) is 12.5 Å². The van der Waals surface area contributed by atoms with Gasteiger partial charge in [-0.3, -0.25) is 14.5 Å². The van der Waals surface area contributed by atoms with Crippen molar-refractivity contribution in [3.05, 3.63) is 72.3 Å². The van der Waals surface area contributed by atoms with Crippen LogP contribution in [0.2, 0.25) is 0 Å². The molecule has 8 heteroatoms. The number of hydrogen-bond acceptors (Lipinski definition) is 5. The smallest absolute Gasteiger partial charge is 0.325 e. The minimum absolute atomic E-state index is 0.240. The Morgan fingerprint density at radius 3 is 2.40 bits per heavy atom. The summed E-state index contributed by atoms with van der Waals surface area (Å²) in [6, 6.07) is 20.7. The van der Waals surface area contributed by atoms with E-state index in [1.54, 1.807) is 18.9 Å². The van der Waals surface area contributed by atoms with Gasteiger partial charge < -0.3 is 19.9 Å². The summed E-state index contributed by atoms with van der Waals surface area (Å²) in [5.41, 5.74) is 0.470. The number of imide groups is 1. The fourth-order valence-electron chi connectivity index (χ4n) is 5.01. The highest BCUT2D eigenvalue weighted by Crippen LogP contribution is 2.34. The Kier molecular flexibility index (Phi) is 5.80. The van der Waals surface area contributed by atoms with Crippen molar-refractivity contribution in [2.45, 2.75) is 12.5 Å². The summed E-state index contributed by atoms with van der Waals surface area (Å²) in [7, 11) is 1.64. The third kappa shape index (κ3) is 3.95. The van der Waals surface area contributed by atoms with Gasteiger partial charge in [-0.1, -0.05) is 54.6 Å². The predicted octanol–water partition coefficient (Wildman–Crippen LogP) is 2.96. The molecule has 2 aliphatic heterocycles. The number of carbonyl (C=O) groups excluding carboxylic acids is 3. The normalized spacial score (nSPS) is 20.3. The molecule has 2 fully saturated rings. The van der Waals surface area contributed by atoms with Gasteiger partial charge in [-0.25, -0.2) is 4.79 Å². The number of carbonyl (C=O) groups is 3. The fraction of sp³-hybridized carbons (Fsp3) is 0.296. The number of methoxy groups -OCH3 is 1. The Hall–Kier alpha value is -4.07. The molecule has 4 amide bonds. The Morgan fingerprint density at radius 2 is 1.63 bits per heavy atom. The van der Waals surface area contributed by atoms with Crippen molar-refractivity contribution in [2.75, 3.05) is 44.7 Å². The van der Waals surface area contributed by atoms with Crippen LogP contribution in [-0.2, 0) is 15.1 Å². The second-order valence-electron chi connectivity index (χ2n) is 9.01. The van der Waals surface area contributed by atoms with Gasteiger partial charge in [0.1, 0.15) is 17.8 Å². The van der Waals surface area contributed by atoms with Gasteiger partial charge in [-0.05, 0) is 35.4 Å². The lowest BCUT2D eigenvalue weighted by molar-refractivity contribution is -0.139. The maximum Gasteiger partial charge on any atom is 0.325 e. The van der Waals surface area contributed by atoms with Crippen LogP contribution < -0.4 is 15.0 Å². The summed E-state index contributed by atoms with van der Waals surface area (Å²) in [4.78, 5) is 44.3. The number of anilines is 1. The first kappa shape index (κ1) is 22.7. The van der Waals surface area contributed by atoms with Gasteiger partial charge in [-0.2, -0.15) is 0 Å². The van der Waals surface area contributed by atoms with Gasteiger partial charge in [0, 0.05) is 26.2 Å². The first-order valence-electron chi connectivity index (χ1n) is 11.7. The molecule has 35 heavy (non-hydrogen) atoms. The molecule has 0 saturated carbocycles. The summed E-state index contributed by atoms with van der Waals surface area (Å²) in [6.45, 7) is 3.70. The Morgan fingerprint density at radius 1 is 0.943 bits per heavy atom. The van der Waals surface area contributed by atoms with E-state index in [4.69, 9.17) is 4.74 Å². The highest BCUT2D eigenvalue weighted by atomic mass is 16.5. The van der Waals surface area contributed by atoms with Gasteiger partial charge in [0.25, 0.3) is 5.91 Å². The van der Waals surface area contributed by atoms with Gasteiger partial charge in [0.2, 0.25) is 5.91 Å². The molecule has 2 heterocycles. The maximum absolute atomic E-state index is 13.5. The molecule has 2 aliphatic rings. The average molecular weight is 473 g/mol. The van der Waals surface area contributed by atoms with Crippen molar-refractivity contribution < 1.29 is 19.1 Å².